The van der Waals surface area contributed by atoms with E-state index in [-0.39, 0.29) is 22.9 Å². The van der Waals surface area contributed by atoms with Crippen LogP contribution in [0.4, 0.5) is 11.4 Å². The number of sulfone groups is 1. The van der Waals surface area contributed by atoms with E-state index in [2.05, 4.69) is 10.0 Å². The topological polar surface area (TPSA) is 118 Å². The maximum absolute atomic E-state index is 11.7. The van der Waals surface area contributed by atoms with E-state index in [1.807, 2.05) is 0 Å². The van der Waals surface area contributed by atoms with E-state index in [1.165, 1.54) is 25.2 Å². The fourth-order valence-corrected chi connectivity index (χ4v) is 2.92. The summed E-state index contributed by atoms with van der Waals surface area (Å²) in [5.41, 5.74) is 6.48. The third kappa shape index (κ3) is 4.36. The number of rotatable bonds is 7. The lowest BCUT2D eigenvalue weighted by molar-refractivity contribution is 0.588. The van der Waals surface area contributed by atoms with Gasteiger partial charge in [0.15, 0.2) is 9.84 Å². The van der Waals surface area contributed by atoms with Crippen LogP contribution in [0.15, 0.2) is 23.1 Å². The molecule has 7 nitrogen and oxygen atoms in total. The average Bonchev–Trinajstić information content (AvgIpc) is 2.40. The van der Waals surface area contributed by atoms with Gasteiger partial charge in [0, 0.05) is 12.3 Å². The van der Waals surface area contributed by atoms with Crippen LogP contribution in [0.2, 0.25) is 0 Å². The molecule has 0 atom stereocenters. The molecule has 0 unspecified atom stereocenters. The van der Waals surface area contributed by atoms with Gasteiger partial charge in [-0.05, 0) is 25.2 Å². The molecule has 0 aliphatic carbocycles. The van der Waals surface area contributed by atoms with Crippen molar-refractivity contribution in [1.29, 1.82) is 0 Å². The first kappa shape index (κ1) is 16.7. The van der Waals surface area contributed by atoms with E-state index in [0.717, 1.165) is 0 Å². The molecular formula is C11H19N3O4S2. The molecule has 0 aliphatic heterocycles. The van der Waals surface area contributed by atoms with Crippen molar-refractivity contribution in [1.82, 2.24) is 4.72 Å². The molecule has 1 aromatic carbocycles. The van der Waals surface area contributed by atoms with E-state index in [0.29, 0.717) is 11.4 Å². The lowest BCUT2D eigenvalue weighted by Crippen LogP contribution is -2.20. The number of hydrogen-bond donors (Lipinski definition) is 3. The van der Waals surface area contributed by atoms with Crippen molar-refractivity contribution in [3.05, 3.63) is 18.2 Å². The minimum atomic E-state index is -3.56. The molecule has 0 aliphatic rings. The van der Waals surface area contributed by atoms with Crippen molar-refractivity contribution in [2.45, 2.75) is 11.8 Å². The number of anilines is 2. The van der Waals surface area contributed by atoms with E-state index >= 15 is 0 Å². The van der Waals surface area contributed by atoms with Gasteiger partial charge in [-0.25, -0.2) is 21.6 Å². The largest absolute Gasteiger partial charge is 0.397 e. The maximum Gasteiger partial charge on any atom is 0.240 e. The first-order chi connectivity index (χ1) is 9.22. The Labute approximate surface area is 119 Å². The second-order valence-corrected chi connectivity index (χ2v) is 8.48. The van der Waals surface area contributed by atoms with Crippen LogP contribution in [0.5, 0.6) is 0 Å². The Morgan fingerprint density at radius 1 is 1.20 bits per heavy atom. The molecule has 1 rings (SSSR count). The second kappa shape index (κ2) is 6.42. The van der Waals surface area contributed by atoms with Gasteiger partial charge in [-0.15, -0.1) is 0 Å². The predicted octanol–water partition coefficient (Wildman–Crippen LogP) is 0.0235. The Balaban J connectivity index is 2.89. The molecule has 0 saturated heterocycles. The van der Waals surface area contributed by atoms with Crippen LogP contribution in [0, 0.1) is 0 Å². The van der Waals surface area contributed by atoms with Crippen LogP contribution in [0.25, 0.3) is 0 Å². The molecule has 0 saturated carbocycles. The van der Waals surface area contributed by atoms with Crippen LogP contribution in [-0.4, -0.2) is 41.9 Å². The molecule has 0 heterocycles. The summed E-state index contributed by atoms with van der Waals surface area (Å²) < 4.78 is 48.3. The van der Waals surface area contributed by atoms with Gasteiger partial charge in [0.05, 0.1) is 22.0 Å². The second-order valence-electron chi connectivity index (χ2n) is 4.12. The van der Waals surface area contributed by atoms with E-state index in [9.17, 15) is 16.8 Å². The third-order valence-corrected chi connectivity index (χ3v) is 5.89. The number of benzene rings is 1. The summed E-state index contributed by atoms with van der Waals surface area (Å²) in [6.45, 7) is 1.74. The molecule has 114 valence electrons. The SMILES string of the molecule is CCS(=O)(=O)CCNc1cc(S(=O)(=O)NC)ccc1N. The lowest BCUT2D eigenvalue weighted by Gasteiger charge is -2.11. The fraction of sp³-hybridized carbons (Fsp3) is 0.455. The highest BCUT2D eigenvalue weighted by Crippen LogP contribution is 2.22. The van der Waals surface area contributed by atoms with Crippen molar-refractivity contribution in [2.75, 3.05) is 36.1 Å². The van der Waals surface area contributed by atoms with Gasteiger partial charge in [-0.1, -0.05) is 6.92 Å². The molecule has 1 aromatic rings. The van der Waals surface area contributed by atoms with Crippen molar-refractivity contribution in [2.24, 2.45) is 0 Å². The minimum Gasteiger partial charge on any atom is -0.397 e. The summed E-state index contributed by atoms with van der Waals surface area (Å²) in [5, 5.41) is 2.84. The molecule has 4 N–H and O–H groups in total. The zero-order valence-corrected chi connectivity index (χ0v) is 13.0. The maximum atomic E-state index is 11.7. The number of nitrogen functional groups attached to an aromatic ring is 1. The van der Waals surface area contributed by atoms with Crippen LogP contribution < -0.4 is 15.8 Å². The molecule has 0 amide bonds. The minimum absolute atomic E-state index is 0.0358. The summed E-state index contributed by atoms with van der Waals surface area (Å²) in [6.07, 6.45) is 0. The zero-order chi connectivity index (χ0) is 15.4. The normalized spacial score (nSPS) is 12.3. The molecule has 20 heavy (non-hydrogen) atoms. The van der Waals surface area contributed by atoms with E-state index < -0.39 is 19.9 Å². The van der Waals surface area contributed by atoms with Gasteiger partial charge in [-0.2, -0.15) is 0 Å². The Kier molecular flexibility index (Phi) is 5.37. The predicted molar refractivity (Wildman–Crippen MR) is 79.9 cm³/mol. The van der Waals surface area contributed by atoms with Crippen LogP contribution in [-0.2, 0) is 19.9 Å². The number of nitrogens with one attached hydrogen (secondary N) is 2. The Bertz CT molecular complexity index is 669. The number of sulfonamides is 1. The van der Waals surface area contributed by atoms with Gasteiger partial charge in [0.25, 0.3) is 0 Å². The number of nitrogens with two attached hydrogens (primary N) is 1. The molecule has 0 spiro atoms. The summed E-state index contributed by atoms with van der Waals surface area (Å²) in [7, 11) is -5.33. The molecule has 9 heteroatoms. The van der Waals surface area contributed by atoms with Gasteiger partial charge < -0.3 is 11.1 Å². The van der Waals surface area contributed by atoms with Crippen molar-refractivity contribution in [3.63, 3.8) is 0 Å². The summed E-state index contributed by atoms with van der Waals surface area (Å²) in [6, 6.07) is 4.22. The third-order valence-electron chi connectivity index (χ3n) is 2.77. The molecule has 0 aromatic heterocycles. The van der Waals surface area contributed by atoms with Crippen LogP contribution >= 0.6 is 0 Å². The van der Waals surface area contributed by atoms with Crippen molar-refractivity contribution >= 4 is 31.2 Å². The van der Waals surface area contributed by atoms with Gasteiger partial charge in [-0.3, -0.25) is 0 Å². The smallest absolute Gasteiger partial charge is 0.240 e. The monoisotopic (exact) mass is 321 g/mol. The molecule has 0 fully saturated rings. The van der Waals surface area contributed by atoms with Crippen LogP contribution in [0.3, 0.4) is 0 Å². The first-order valence-electron chi connectivity index (χ1n) is 5.99. The standard InChI is InChI=1S/C11H19N3O4S2/c1-3-19(15,16)7-6-14-11-8-9(4-5-10(11)12)20(17,18)13-2/h4-5,8,13-14H,3,6-7,12H2,1-2H3. The highest BCUT2D eigenvalue weighted by atomic mass is 32.2. The summed E-state index contributed by atoms with van der Waals surface area (Å²) >= 11 is 0. The quantitative estimate of drug-likeness (QED) is 0.609. The van der Waals surface area contributed by atoms with Crippen LogP contribution in [0.1, 0.15) is 6.92 Å². The fourth-order valence-electron chi connectivity index (χ4n) is 1.46. The average molecular weight is 321 g/mol. The highest BCUT2D eigenvalue weighted by Gasteiger charge is 2.13. The highest BCUT2D eigenvalue weighted by molar-refractivity contribution is 7.91. The van der Waals surface area contributed by atoms with Crippen molar-refractivity contribution in [3.8, 4) is 0 Å². The Morgan fingerprint density at radius 2 is 1.85 bits per heavy atom. The molecular weight excluding hydrogens is 302 g/mol. The van der Waals surface area contributed by atoms with Gasteiger partial charge in [0.1, 0.15) is 0 Å². The van der Waals surface area contributed by atoms with Gasteiger partial charge in [0.2, 0.25) is 10.0 Å². The van der Waals surface area contributed by atoms with E-state index in [4.69, 9.17) is 5.73 Å². The summed E-state index contributed by atoms with van der Waals surface area (Å²) in [4.78, 5) is 0.0649. The van der Waals surface area contributed by atoms with E-state index in [1.54, 1.807) is 6.92 Å². The first-order valence-corrected chi connectivity index (χ1v) is 9.29. The molecule has 0 radical (unpaired) electrons. The Hall–Kier alpha value is -1.32. The van der Waals surface area contributed by atoms with Crippen molar-refractivity contribution < 1.29 is 16.8 Å². The number of hydrogen-bond acceptors (Lipinski definition) is 6. The summed E-state index contributed by atoms with van der Waals surface area (Å²) in [5.74, 6) is 0.0320. The van der Waals surface area contributed by atoms with Gasteiger partial charge >= 0.3 is 0 Å². The lowest BCUT2D eigenvalue weighted by atomic mass is 10.2. The Morgan fingerprint density at radius 3 is 2.40 bits per heavy atom. The zero-order valence-electron chi connectivity index (χ0n) is 11.4. The molecule has 0 bridgehead atoms.